The summed E-state index contributed by atoms with van der Waals surface area (Å²) >= 11 is 18.2. The summed E-state index contributed by atoms with van der Waals surface area (Å²) in [6.45, 7) is 0.544. The van der Waals surface area contributed by atoms with Gasteiger partial charge in [0.05, 0.1) is 10.7 Å². The van der Waals surface area contributed by atoms with Gasteiger partial charge in [-0.1, -0.05) is 53.0 Å². The lowest BCUT2D eigenvalue weighted by molar-refractivity contribution is 1.15. The minimum absolute atomic E-state index is 0.544. The fourth-order valence-corrected chi connectivity index (χ4v) is 2.22. The molecule has 1 N–H and O–H groups in total. The van der Waals surface area contributed by atoms with E-state index in [1.807, 2.05) is 42.5 Å². The van der Waals surface area contributed by atoms with Crippen LogP contribution in [0.4, 0.5) is 5.69 Å². The number of para-hydroxylation sites is 1. The van der Waals surface area contributed by atoms with Crippen LogP contribution in [0.1, 0.15) is 5.56 Å². The van der Waals surface area contributed by atoms with Gasteiger partial charge in [-0.05, 0) is 24.3 Å². The van der Waals surface area contributed by atoms with Gasteiger partial charge in [-0.2, -0.15) is 0 Å². The van der Waals surface area contributed by atoms with E-state index < -0.39 is 0 Å². The number of hydrogen-bond acceptors (Lipinski definition) is 1. The summed E-state index contributed by atoms with van der Waals surface area (Å²) in [4.78, 5) is 0. The Labute approximate surface area is 115 Å². The van der Waals surface area contributed by atoms with Crippen molar-refractivity contribution in [3.8, 4) is 0 Å². The third-order valence-corrected chi connectivity index (χ3v) is 3.43. The van der Waals surface area contributed by atoms with Gasteiger partial charge in [0, 0.05) is 22.2 Å². The molecule has 1 nitrogen and oxygen atoms in total. The van der Waals surface area contributed by atoms with Crippen molar-refractivity contribution in [1.29, 1.82) is 0 Å². The molecule has 17 heavy (non-hydrogen) atoms. The van der Waals surface area contributed by atoms with Crippen molar-refractivity contribution < 1.29 is 0 Å². The summed E-state index contributed by atoms with van der Waals surface area (Å²) in [7, 11) is 0. The van der Waals surface area contributed by atoms with Crippen molar-refractivity contribution >= 4 is 40.5 Å². The lowest BCUT2D eigenvalue weighted by atomic mass is 10.2. The molecular weight excluding hydrogens is 277 g/mol. The molecule has 0 spiro atoms. The maximum Gasteiger partial charge on any atom is 0.0637 e. The molecule has 2 aromatic rings. The van der Waals surface area contributed by atoms with Gasteiger partial charge >= 0.3 is 0 Å². The van der Waals surface area contributed by atoms with Crippen molar-refractivity contribution in [3.05, 3.63) is 63.1 Å². The Morgan fingerprint density at radius 2 is 1.35 bits per heavy atom. The number of hydrogen-bond donors (Lipinski definition) is 1. The molecule has 0 bridgehead atoms. The van der Waals surface area contributed by atoms with Gasteiger partial charge in [0.25, 0.3) is 0 Å². The number of benzene rings is 2. The maximum atomic E-state index is 6.08. The van der Waals surface area contributed by atoms with Crippen LogP contribution in [0.15, 0.2) is 42.5 Å². The number of anilines is 1. The van der Waals surface area contributed by atoms with Gasteiger partial charge in [0.15, 0.2) is 0 Å². The van der Waals surface area contributed by atoms with E-state index in [0.29, 0.717) is 21.6 Å². The third-order valence-electron chi connectivity index (χ3n) is 2.39. The zero-order chi connectivity index (χ0) is 12.3. The average molecular weight is 287 g/mol. The van der Waals surface area contributed by atoms with E-state index in [4.69, 9.17) is 34.8 Å². The predicted octanol–water partition coefficient (Wildman–Crippen LogP) is 5.26. The first-order chi connectivity index (χ1) is 8.18. The highest BCUT2D eigenvalue weighted by molar-refractivity contribution is 6.36. The van der Waals surface area contributed by atoms with Gasteiger partial charge in [-0.15, -0.1) is 0 Å². The Hall–Kier alpha value is -0.890. The van der Waals surface area contributed by atoms with Crippen molar-refractivity contribution in [1.82, 2.24) is 0 Å². The van der Waals surface area contributed by atoms with Crippen LogP contribution in [0, 0.1) is 0 Å². The molecule has 0 unspecified atom stereocenters. The Kier molecular flexibility index (Phi) is 4.16. The van der Waals surface area contributed by atoms with Gasteiger partial charge in [0.1, 0.15) is 0 Å². The Balaban J connectivity index is 2.16. The lowest BCUT2D eigenvalue weighted by Crippen LogP contribution is -2.01. The van der Waals surface area contributed by atoms with Crippen molar-refractivity contribution in [3.63, 3.8) is 0 Å². The number of rotatable bonds is 3. The normalized spacial score (nSPS) is 10.3. The summed E-state index contributed by atoms with van der Waals surface area (Å²) < 4.78 is 0. The summed E-state index contributed by atoms with van der Waals surface area (Å²) in [5.41, 5.74) is 1.74. The van der Waals surface area contributed by atoms with Gasteiger partial charge < -0.3 is 5.32 Å². The van der Waals surface area contributed by atoms with Crippen LogP contribution in [0.2, 0.25) is 15.1 Å². The lowest BCUT2D eigenvalue weighted by Gasteiger charge is -2.10. The van der Waals surface area contributed by atoms with E-state index in [0.717, 1.165) is 11.3 Å². The highest BCUT2D eigenvalue weighted by Gasteiger charge is 2.05. The summed E-state index contributed by atoms with van der Waals surface area (Å²) in [5.74, 6) is 0. The van der Waals surface area contributed by atoms with Crippen LogP contribution < -0.4 is 5.32 Å². The third kappa shape index (κ3) is 3.06. The minimum Gasteiger partial charge on any atom is -0.380 e. The molecule has 0 radical (unpaired) electrons. The Bertz CT molecular complexity index is 506. The van der Waals surface area contributed by atoms with E-state index in [2.05, 4.69) is 5.32 Å². The first kappa shape index (κ1) is 12.6. The van der Waals surface area contributed by atoms with Gasteiger partial charge in [0.2, 0.25) is 0 Å². The standard InChI is InChI=1S/C13H10Cl3N/c14-10-5-3-6-11(15)9(10)8-17-13-7-2-1-4-12(13)16/h1-7,17H,8H2. The van der Waals surface area contributed by atoms with Crippen LogP contribution in [0.25, 0.3) is 0 Å². The maximum absolute atomic E-state index is 6.08. The van der Waals surface area contributed by atoms with E-state index in [1.165, 1.54) is 0 Å². The fraction of sp³-hybridized carbons (Fsp3) is 0.0769. The molecule has 0 aliphatic carbocycles. The molecule has 0 atom stereocenters. The molecule has 2 aromatic carbocycles. The zero-order valence-electron chi connectivity index (χ0n) is 8.88. The predicted molar refractivity (Wildman–Crippen MR) is 75.2 cm³/mol. The van der Waals surface area contributed by atoms with Crippen molar-refractivity contribution in [2.24, 2.45) is 0 Å². The van der Waals surface area contributed by atoms with Gasteiger partial charge in [-0.25, -0.2) is 0 Å². The fourth-order valence-electron chi connectivity index (χ4n) is 1.49. The van der Waals surface area contributed by atoms with Crippen LogP contribution in [0.3, 0.4) is 0 Å². The first-order valence-corrected chi connectivity index (χ1v) is 6.23. The van der Waals surface area contributed by atoms with Crippen molar-refractivity contribution in [2.45, 2.75) is 6.54 Å². The molecule has 88 valence electrons. The Morgan fingerprint density at radius 1 is 0.765 bits per heavy atom. The van der Waals surface area contributed by atoms with Crippen molar-refractivity contribution in [2.75, 3.05) is 5.32 Å². The quantitative estimate of drug-likeness (QED) is 0.811. The molecule has 0 aliphatic rings. The molecule has 4 heteroatoms. The molecule has 0 amide bonds. The van der Waals surface area contributed by atoms with E-state index in [1.54, 1.807) is 0 Å². The van der Waals surface area contributed by atoms with E-state index in [9.17, 15) is 0 Å². The first-order valence-electron chi connectivity index (χ1n) is 5.10. The van der Waals surface area contributed by atoms with Crippen LogP contribution >= 0.6 is 34.8 Å². The second kappa shape index (κ2) is 5.63. The second-order valence-electron chi connectivity index (χ2n) is 3.53. The summed E-state index contributed by atoms with van der Waals surface area (Å²) in [5, 5.41) is 5.19. The minimum atomic E-state index is 0.544. The number of nitrogens with one attached hydrogen (secondary N) is 1. The smallest absolute Gasteiger partial charge is 0.0637 e. The molecule has 0 saturated carbocycles. The average Bonchev–Trinajstić information content (AvgIpc) is 2.30. The SMILES string of the molecule is Clc1ccccc1NCc1c(Cl)cccc1Cl. The monoisotopic (exact) mass is 285 g/mol. The van der Waals surface area contributed by atoms with Crippen LogP contribution in [0.5, 0.6) is 0 Å². The van der Waals surface area contributed by atoms with E-state index in [-0.39, 0.29) is 0 Å². The molecule has 2 rings (SSSR count). The summed E-state index contributed by atoms with van der Waals surface area (Å²) in [6.07, 6.45) is 0. The van der Waals surface area contributed by atoms with Crippen LogP contribution in [-0.2, 0) is 6.54 Å². The largest absolute Gasteiger partial charge is 0.380 e. The molecule has 0 fully saturated rings. The molecule has 0 saturated heterocycles. The Morgan fingerprint density at radius 3 is 2.00 bits per heavy atom. The summed E-state index contributed by atoms with van der Waals surface area (Å²) in [6, 6.07) is 13.0. The number of halogens is 3. The highest BCUT2D eigenvalue weighted by atomic mass is 35.5. The molecule has 0 heterocycles. The van der Waals surface area contributed by atoms with E-state index >= 15 is 0 Å². The second-order valence-corrected chi connectivity index (χ2v) is 4.76. The van der Waals surface area contributed by atoms with Crippen LogP contribution in [-0.4, -0.2) is 0 Å². The molecule has 0 aliphatic heterocycles. The zero-order valence-corrected chi connectivity index (χ0v) is 11.2. The van der Waals surface area contributed by atoms with Gasteiger partial charge in [-0.3, -0.25) is 0 Å². The molecular formula is C13H10Cl3N. The topological polar surface area (TPSA) is 12.0 Å². The molecule has 0 aromatic heterocycles. The highest BCUT2D eigenvalue weighted by Crippen LogP contribution is 2.27.